The Labute approximate surface area is 144 Å². The lowest BCUT2D eigenvalue weighted by Gasteiger charge is -2.24. The van der Waals surface area contributed by atoms with E-state index in [9.17, 15) is 4.79 Å². The van der Waals surface area contributed by atoms with Crippen LogP contribution in [0.15, 0.2) is 48.5 Å². The first-order chi connectivity index (χ1) is 11.6. The molecule has 0 atom stereocenters. The number of nitrogens with two attached hydrogens (primary N) is 1. The van der Waals surface area contributed by atoms with Gasteiger partial charge in [-0.05, 0) is 61.7 Å². The van der Waals surface area contributed by atoms with Crippen LogP contribution in [0.5, 0.6) is 0 Å². The highest BCUT2D eigenvalue weighted by atomic mass is 16.5. The lowest BCUT2D eigenvalue weighted by molar-refractivity contribution is -0.141. The summed E-state index contributed by atoms with van der Waals surface area (Å²) in [5, 5.41) is 0. The number of nitrogens with zero attached hydrogens (tertiary/aromatic N) is 1. The Morgan fingerprint density at radius 3 is 2.12 bits per heavy atom. The molecule has 0 aliphatic heterocycles. The quantitative estimate of drug-likeness (QED) is 0.580. The molecule has 0 amide bonds. The number of aryl methyl sites for hydroxylation is 1. The maximum atomic E-state index is 12.0. The Hall–Kier alpha value is -2.49. The van der Waals surface area contributed by atoms with Gasteiger partial charge in [0.15, 0.2) is 0 Å². The number of rotatable bonds is 8. The van der Waals surface area contributed by atoms with Gasteiger partial charge in [0.25, 0.3) is 0 Å². The molecule has 4 heteroatoms. The smallest absolute Gasteiger partial charge is 0.325 e. The summed E-state index contributed by atoms with van der Waals surface area (Å²) in [6, 6.07) is 15.9. The predicted octanol–water partition coefficient (Wildman–Crippen LogP) is 4.31. The van der Waals surface area contributed by atoms with E-state index in [1.54, 1.807) is 0 Å². The number of carbonyl (C=O) groups is 1. The summed E-state index contributed by atoms with van der Waals surface area (Å²) < 4.78 is 5.11. The lowest BCUT2D eigenvalue weighted by atomic mass is 10.1. The van der Waals surface area contributed by atoms with Crippen LogP contribution in [0.3, 0.4) is 0 Å². The highest BCUT2D eigenvalue weighted by Crippen LogP contribution is 2.26. The average Bonchev–Trinajstić information content (AvgIpc) is 2.60. The molecule has 2 aromatic rings. The van der Waals surface area contributed by atoms with Crippen LogP contribution in [0.2, 0.25) is 0 Å². The van der Waals surface area contributed by atoms with Crippen molar-refractivity contribution < 1.29 is 9.53 Å². The summed E-state index contributed by atoms with van der Waals surface area (Å²) in [5.41, 5.74) is 9.66. The monoisotopic (exact) mass is 326 g/mol. The molecule has 24 heavy (non-hydrogen) atoms. The van der Waals surface area contributed by atoms with Gasteiger partial charge in [-0.1, -0.05) is 25.5 Å². The van der Waals surface area contributed by atoms with Crippen LogP contribution in [-0.2, 0) is 16.0 Å². The molecule has 2 N–H and O–H groups in total. The van der Waals surface area contributed by atoms with Crippen molar-refractivity contribution in [3.63, 3.8) is 0 Å². The van der Waals surface area contributed by atoms with E-state index in [0.29, 0.717) is 12.3 Å². The largest absolute Gasteiger partial charge is 0.465 e. The molecule has 2 rings (SSSR count). The number of benzene rings is 2. The molecule has 4 nitrogen and oxygen atoms in total. The standard InChI is InChI=1S/C20H26N2O2/c1-3-5-6-16-7-11-18(12-8-16)22(15-20(23)24-4-2)19-13-9-17(21)10-14-19/h7-14H,3-6,15,21H2,1-2H3. The van der Waals surface area contributed by atoms with E-state index < -0.39 is 0 Å². The van der Waals surface area contributed by atoms with Crippen molar-refractivity contribution in [2.45, 2.75) is 33.1 Å². The first kappa shape index (κ1) is 17.9. The molecule has 0 aromatic heterocycles. The normalized spacial score (nSPS) is 10.4. The number of hydrogen-bond acceptors (Lipinski definition) is 4. The van der Waals surface area contributed by atoms with Gasteiger partial charge in [0.1, 0.15) is 6.54 Å². The fourth-order valence-corrected chi connectivity index (χ4v) is 2.55. The van der Waals surface area contributed by atoms with Gasteiger partial charge >= 0.3 is 5.97 Å². The van der Waals surface area contributed by atoms with Gasteiger partial charge in [0.05, 0.1) is 6.61 Å². The molecule has 0 radical (unpaired) electrons. The minimum atomic E-state index is -0.246. The van der Waals surface area contributed by atoms with Crippen LogP contribution in [0, 0.1) is 0 Å². The maximum absolute atomic E-state index is 12.0. The molecule has 0 spiro atoms. The van der Waals surface area contributed by atoms with Gasteiger partial charge in [-0.25, -0.2) is 0 Å². The minimum Gasteiger partial charge on any atom is -0.465 e. The number of unbranched alkanes of at least 4 members (excludes halogenated alkanes) is 1. The van der Waals surface area contributed by atoms with E-state index in [0.717, 1.165) is 17.8 Å². The van der Waals surface area contributed by atoms with Crippen LogP contribution >= 0.6 is 0 Å². The van der Waals surface area contributed by atoms with Crippen LogP contribution in [0.1, 0.15) is 32.3 Å². The second-order valence-corrected chi connectivity index (χ2v) is 5.75. The molecule has 0 saturated carbocycles. The number of hydrogen-bond donors (Lipinski definition) is 1. The van der Waals surface area contributed by atoms with E-state index in [1.807, 2.05) is 36.1 Å². The summed E-state index contributed by atoms with van der Waals surface area (Å²) in [5.74, 6) is -0.246. The maximum Gasteiger partial charge on any atom is 0.325 e. The van der Waals surface area contributed by atoms with Gasteiger partial charge in [-0.15, -0.1) is 0 Å². The number of carbonyl (C=O) groups excluding carboxylic acids is 1. The van der Waals surface area contributed by atoms with Crippen LogP contribution in [0.25, 0.3) is 0 Å². The third kappa shape index (κ3) is 5.01. The summed E-state index contributed by atoms with van der Waals surface area (Å²) >= 11 is 0. The molecular formula is C20H26N2O2. The van der Waals surface area contributed by atoms with Gasteiger partial charge in [0.2, 0.25) is 0 Å². The van der Waals surface area contributed by atoms with E-state index in [1.165, 1.54) is 18.4 Å². The number of esters is 1. The molecular weight excluding hydrogens is 300 g/mol. The van der Waals surface area contributed by atoms with Crippen molar-refractivity contribution in [3.8, 4) is 0 Å². The van der Waals surface area contributed by atoms with Gasteiger partial charge in [-0.2, -0.15) is 0 Å². The van der Waals surface area contributed by atoms with Crippen molar-refractivity contribution >= 4 is 23.0 Å². The minimum absolute atomic E-state index is 0.173. The third-order valence-electron chi connectivity index (χ3n) is 3.86. The summed E-state index contributed by atoms with van der Waals surface area (Å²) in [7, 11) is 0. The molecule has 0 aliphatic carbocycles. The fraction of sp³-hybridized carbons (Fsp3) is 0.350. The summed E-state index contributed by atoms with van der Waals surface area (Å²) in [6.07, 6.45) is 3.45. The van der Waals surface area contributed by atoms with E-state index in [2.05, 4.69) is 31.2 Å². The SMILES string of the molecule is CCCCc1ccc(N(CC(=O)OCC)c2ccc(N)cc2)cc1. The Bertz CT molecular complexity index is 636. The number of nitrogen functional groups attached to an aromatic ring is 1. The molecule has 0 unspecified atom stereocenters. The van der Waals surface area contributed by atoms with Crippen LogP contribution in [-0.4, -0.2) is 19.1 Å². The first-order valence-electron chi connectivity index (χ1n) is 8.51. The van der Waals surface area contributed by atoms with Gasteiger partial charge < -0.3 is 15.4 Å². The second-order valence-electron chi connectivity index (χ2n) is 5.75. The summed E-state index contributed by atoms with van der Waals surface area (Å²) in [6.45, 7) is 4.56. The van der Waals surface area contributed by atoms with E-state index in [4.69, 9.17) is 10.5 Å². The topological polar surface area (TPSA) is 55.6 Å². The number of ether oxygens (including phenoxy) is 1. The third-order valence-corrected chi connectivity index (χ3v) is 3.86. The van der Waals surface area contributed by atoms with E-state index in [-0.39, 0.29) is 12.5 Å². The molecule has 0 heterocycles. The lowest BCUT2D eigenvalue weighted by Crippen LogP contribution is -2.26. The Kier molecular flexibility index (Phi) is 6.67. The fourth-order valence-electron chi connectivity index (χ4n) is 2.55. The Morgan fingerprint density at radius 1 is 1.00 bits per heavy atom. The van der Waals surface area contributed by atoms with Crippen LogP contribution < -0.4 is 10.6 Å². The molecule has 0 saturated heterocycles. The van der Waals surface area contributed by atoms with Crippen molar-refractivity contribution in [2.75, 3.05) is 23.8 Å². The first-order valence-corrected chi connectivity index (χ1v) is 8.51. The average molecular weight is 326 g/mol. The molecule has 0 aliphatic rings. The summed E-state index contributed by atoms with van der Waals surface area (Å²) in [4.78, 5) is 13.9. The van der Waals surface area contributed by atoms with Crippen molar-refractivity contribution in [1.29, 1.82) is 0 Å². The van der Waals surface area contributed by atoms with Crippen molar-refractivity contribution in [3.05, 3.63) is 54.1 Å². The zero-order chi connectivity index (χ0) is 17.4. The van der Waals surface area contributed by atoms with Crippen molar-refractivity contribution in [1.82, 2.24) is 0 Å². The number of anilines is 3. The van der Waals surface area contributed by atoms with E-state index >= 15 is 0 Å². The zero-order valence-electron chi connectivity index (χ0n) is 14.5. The molecule has 128 valence electrons. The molecule has 0 bridgehead atoms. The highest BCUT2D eigenvalue weighted by molar-refractivity contribution is 5.80. The Morgan fingerprint density at radius 2 is 1.58 bits per heavy atom. The van der Waals surface area contributed by atoms with Gasteiger partial charge in [-0.3, -0.25) is 4.79 Å². The molecule has 2 aromatic carbocycles. The molecule has 0 fully saturated rings. The second kappa shape index (κ2) is 8.96. The van der Waals surface area contributed by atoms with Crippen molar-refractivity contribution in [2.24, 2.45) is 0 Å². The van der Waals surface area contributed by atoms with Crippen LogP contribution in [0.4, 0.5) is 17.1 Å². The highest BCUT2D eigenvalue weighted by Gasteiger charge is 2.14. The zero-order valence-corrected chi connectivity index (χ0v) is 14.5. The Balaban J connectivity index is 2.24. The predicted molar refractivity (Wildman–Crippen MR) is 99.5 cm³/mol. The van der Waals surface area contributed by atoms with Gasteiger partial charge in [0, 0.05) is 17.1 Å².